The summed E-state index contributed by atoms with van der Waals surface area (Å²) in [6.45, 7) is 2.70. The van der Waals surface area contributed by atoms with Crippen LogP contribution in [0.3, 0.4) is 0 Å². The molecule has 0 N–H and O–H groups in total. The molecule has 0 spiro atoms. The molecule has 0 unspecified atom stereocenters. The Kier molecular flexibility index (Phi) is 3.35. The molecule has 1 saturated carbocycles. The Hall–Kier alpha value is -0.980. The molecule has 24 heavy (non-hydrogen) atoms. The summed E-state index contributed by atoms with van der Waals surface area (Å²) >= 11 is 0. The molecule has 4 aliphatic heterocycles. The van der Waals surface area contributed by atoms with Crippen LogP contribution in [0.2, 0.25) is 0 Å². The summed E-state index contributed by atoms with van der Waals surface area (Å²) in [5, 5.41) is -0.152. The van der Waals surface area contributed by atoms with Gasteiger partial charge in [-0.25, -0.2) is 12.8 Å². The van der Waals surface area contributed by atoms with E-state index in [9.17, 15) is 12.8 Å². The van der Waals surface area contributed by atoms with E-state index in [2.05, 4.69) is 4.90 Å². The minimum atomic E-state index is -3.17. The molecule has 5 aliphatic rings. The average molecular weight is 350 g/mol. The molecule has 3 atom stereocenters. The molecule has 0 radical (unpaired) electrons. The van der Waals surface area contributed by atoms with Gasteiger partial charge in [0.25, 0.3) is 0 Å². The molecule has 4 saturated heterocycles. The molecule has 2 bridgehead atoms. The third kappa shape index (κ3) is 2.19. The monoisotopic (exact) mass is 350 g/mol. The van der Waals surface area contributed by atoms with Crippen LogP contribution in [0.1, 0.15) is 37.2 Å². The van der Waals surface area contributed by atoms with Crippen molar-refractivity contribution in [3.05, 3.63) is 35.6 Å². The predicted molar refractivity (Wildman–Crippen MR) is 89.7 cm³/mol. The van der Waals surface area contributed by atoms with Gasteiger partial charge in [0.1, 0.15) is 5.82 Å². The van der Waals surface area contributed by atoms with E-state index in [1.54, 1.807) is 0 Å². The van der Waals surface area contributed by atoms with Crippen LogP contribution < -0.4 is 0 Å². The maximum absolute atomic E-state index is 13.3. The fourth-order valence-electron chi connectivity index (χ4n) is 5.22. The van der Waals surface area contributed by atoms with Crippen molar-refractivity contribution in [2.75, 3.05) is 19.6 Å². The van der Waals surface area contributed by atoms with Gasteiger partial charge >= 0.3 is 0 Å². The molecule has 4 heterocycles. The van der Waals surface area contributed by atoms with Gasteiger partial charge < -0.3 is 0 Å². The maximum atomic E-state index is 13.3. The minimum absolute atomic E-state index is 0.119. The number of benzene rings is 1. The lowest BCUT2D eigenvalue weighted by molar-refractivity contribution is 0.0122. The molecule has 1 aromatic rings. The molecule has 0 amide bonds. The van der Waals surface area contributed by atoms with Crippen molar-refractivity contribution < 1.29 is 12.8 Å². The van der Waals surface area contributed by atoms with Crippen molar-refractivity contribution in [2.24, 2.45) is 5.92 Å². The molecule has 1 aromatic carbocycles. The van der Waals surface area contributed by atoms with Gasteiger partial charge in [0.05, 0.1) is 5.25 Å². The van der Waals surface area contributed by atoms with E-state index < -0.39 is 10.0 Å². The van der Waals surface area contributed by atoms with Crippen molar-refractivity contribution in [1.29, 1.82) is 0 Å². The molecular formula is C18H23FN2O2S. The number of halogens is 1. The van der Waals surface area contributed by atoms with E-state index in [4.69, 9.17) is 0 Å². The van der Waals surface area contributed by atoms with Crippen molar-refractivity contribution in [3.63, 3.8) is 0 Å². The zero-order valence-corrected chi connectivity index (χ0v) is 14.5. The Morgan fingerprint density at radius 1 is 0.958 bits per heavy atom. The highest BCUT2D eigenvalue weighted by molar-refractivity contribution is 7.90. The molecule has 6 heteroatoms. The van der Waals surface area contributed by atoms with Crippen LogP contribution in [0.15, 0.2) is 24.3 Å². The number of hydrogen-bond donors (Lipinski definition) is 0. The quantitative estimate of drug-likeness (QED) is 0.839. The van der Waals surface area contributed by atoms with Crippen LogP contribution in [0.25, 0.3) is 0 Å². The van der Waals surface area contributed by atoms with Crippen molar-refractivity contribution in [1.82, 2.24) is 9.21 Å². The highest BCUT2D eigenvalue weighted by atomic mass is 32.2. The van der Waals surface area contributed by atoms with Gasteiger partial charge in [-0.1, -0.05) is 12.1 Å². The number of sulfonamides is 1. The van der Waals surface area contributed by atoms with E-state index in [-0.39, 0.29) is 29.1 Å². The van der Waals surface area contributed by atoms with Crippen LogP contribution in [0.4, 0.5) is 4.39 Å². The Bertz CT molecular complexity index is 739. The number of hydrogen-bond acceptors (Lipinski definition) is 3. The van der Waals surface area contributed by atoms with Crippen molar-refractivity contribution in [3.8, 4) is 0 Å². The summed E-state index contributed by atoms with van der Waals surface area (Å²) in [4.78, 5) is 2.49. The third-order valence-corrected chi connectivity index (χ3v) is 8.88. The fraction of sp³-hybridized carbons (Fsp3) is 0.667. The normalized spacial score (nSPS) is 39.1. The largest absolute Gasteiger partial charge is 0.298 e. The fourth-order valence-corrected chi connectivity index (χ4v) is 7.34. The molecule has 130 valence electrons. The summed E-state index contributed by atoms with van der Waals surface area (Å²) < 4.78 is 41.2. The van der Waals surface area contributed by atoms with E-state index >= 15 is 0 Å². The van der Waals surface area contributed by atoms with Gasteiger partial charge in [0.2, 0.25) is 10.0 Å². The van der Waals surface area contributed by atoms with Crippen molar-refractivity contribution >= 4 is 10.0 Å². The summed E-state index contributed by atoms with van der Waals surface area (Å²) in [5.74, 6) is 0.410. The second-order valence-corrected chi connectivity index (χ2v) is 9.99. The van der Waals surface area contributed by atoms with Gasteiger partial charge in [0, 0.05) is 24.5 Å². The van der Waals surface area contributed by atoms with E-state index in [1.807, 2.05) is 16.4 Å². The minimum Gasteiger partial charge on any atom is -0.298 e. The lowest BCUT2D eigenvalue weighted by Gasteiger charge is -2.51. The zero-order chi connectivity index (χ0) is 16.5. The lowest BCUT2D eigenvalue weighted by Crippen LogP contribution is -2.60. The Labute approximate surface area is 142 Å². The number of nitrogens with zero attached hydrogens (tertiary/aromatic N) is 2. The molecule has 6 rings (SSSR count). The first kappa shape index (κ1) is 15.3. The van der Waals surface area contributed by atoms with Crippen LogP contribution in [-0.4, -0.2) is 54.6 Å². The average Bonchev–Trinajstić information content (AvgIpc) is 3.37. The molecule has 1 aliphatic carbocycles. The SMILES string of the molecule is O=S(=O)(C1CC1)N1C[C@H](c2ccc(F)cc2)[C@H]2[C@@H]1C1CCN2CC1. The van der Waals surface area contributed by atoms with E-state index in [0.29, 0.717) is 12.5 Å². The first-order valence-corrected chi connectivity index (χ1v) is 10.6. The highest BCUT2D eigenvalue weighted by Gasteiger charge is 2.58. The Morgan fingerprint density at radius 3 is 2.25 bits per heavy atom. The summed E-state index contributed by atoms with van der Waals surface area (Å²) in [6.07, 6.45) is 3.83. The molecular weight excluding hydrogens is 327 g/mol. The van der Waals surface area contributed by atoms with E-state index in [0.717, 1.165) is 44.3 Å². The summed E-state index contributed by atoms with van der Waals surface area (Å²) in [5.41, 5.74) is 1.08. The van der Waals surface area contributed by atoms with Crippen LogP contribution >= 0.6 is 0 Å². The van der Waals surface area contributed by atoms with Crippen molar-refractivity contribution in [2.45, 2.75) is 48.9 Å². The maximum Gasteiger partial charge on any atom is 0.217 e. The second kappa shape index (κ2) is 5.26. The molecule has 0 aromatic heterocycles. The van der Waals surface area contributed by atoms with Gasteiger partial charge in [-0.05, 0) is 62.4 Å². The second-order valence-electron chi connectivity index (χ2n) is 7.83. The van der Waals surface area contributed by atoms with Gasteiger partial charge in [-0.15, -0.1) is 0 Å². The number of piperidine rings is 3. The third-order valence-electron chi connectivity index (χ3n) is 6.52. The first-order chi connectivity index (χ1) is 11.6. The summed E-state index contributed by atoms with van der Waals surface area (Å²) in [6, 6.07) is 7.06. The standard InChI is InChI=1S/C18H23FN2O2S/c19-14-3-1-12(2-4-14)16-11-21(24(22,23)15-5-6-15)17-13-7-9-20(10-8-13)18(16)17/h1-4,13,15-18H,5-11H2/t16-,17+,18+/m1/s1. The smallest absolute Gasteiger partial charge is 0.217 e. The van der Waals surface area contributed by atoms with Crippen LogP contribution in [0, 0.1) is 11.7 Å². The predicted octanol–water partition coefficient (Wildman–Crippen LogP) is 2.18. The van der Waals surface area contributed by atoms with Crippen LogP contribution in [-0.2, 0) is 10.0 Å². The first-order valence-electron chi connectivity index (χ1n) is 9.06. The highest BCUT2D eigenvalue weighted by Crippen LogP contribution is 2.49. The Balaban J connectivity index is 1.55. The van der Waals surface area contributed by atoms with E-state index in [1.165, 1.54) is 12.1 Å². The van der Waals surface area contributed by atoms with Gasteiger partial charge in [0.15, 0.2) is 0 Å². The van der Waals surface area contributed by atoms with Crippen LogP contribution in [0.5, 0.6) is 0 Å². The number of fused-ring (bicyclic) bond motifs is 2. The van der Waals surface area contributed by atoms with Gasteiger partial charge in [-0.2, -0.15) is 4.31 Å². The van der Waals surface area contributed by atoms with Gasteiger partial charge in [-0.3, -0.25) is 4.90 Å². The number of rotatable bonds is 3. The lowest BCUT2D eigenvalue weighted by atomic mass is 9.75. The molecule has 4 nitrogen and oxygen atoms in total. The zero-order valence-electron chi connectivity index (χ0n) is 13.6. The summed E-state index contributed by atoms with van der Waals surface area (Å²) in [7, 11) is -3.17. The topological polar surface area (TPSA) is 40.6 Å². The molecule has 5 fully saturated rings. The Morgan fingerprint density at radius 2 is 1.62 bits per heavy atom.